The summed E-state index contributed by atoms with van der Waals surface area (Å²) in [6, 6.07) is 4.77. The van der Waals surface area contributed by atoms with Crippen molar-refractivity contribution >= 4 is 23.0 Å². The lowest BCUT2D eigenvalue weighted by Gasteiger charge is -2.33. The summed E-state index contributed by atoms with van der Waals surface area (Å²) in [5.41, 5.74) is 10.9. The van der Waals surface area contributed by atoms with E-state index in [-0.39, 0.29) is 20.8 Å². The lowest BCUT2D eigenvalue weighted by molar-refractivity contribution is 0.285. The predicted molar refractivity (Wildman–Crippen MR) is 228 cm³/mol. The van der Waals surface area contributed by atoms with Gasteiger partial charge in [-0.1, -0.05) is 77.1 Å². The van der Waals surface area contributed by atoms with Gasteiger partial charge in [0.25, 0.3) is 0 Å². The number of rotatable bonds is 16. The molecular weight excluding hydrogens is 630 g/mol. The first-order chi connectivity index (χ1) is 24.0. The van der Waals surface area contributed by atoms with Gasteiger partial charge in [0.1, 0.15) is 12.0 Å². The molecular formula is C45H74FN5. The summed E-state index contributed by atoms with van der Waals surface area (Å²) >= 11 is 0. The van der Waals surface area contributed by atoms with Crippen LogP contribution in [0.2, 0.25) is 0 Å². The van der Waals surface area contributed by atoms with Crippen LogP contribution in [0.5, 0.6) is 0 Å². The van der Waals surface area contributed by atoms with Gasteiger partial charge in [0.15, 0.2) is 0 Å². The molecule has 1 unspecified atom stereocenters. The highest BCUT2D eigenvalue weighted by Crippen LogP contribution is 2.37. The zero-order valence-electron chi connectivity index (χ0n) is 32.9. The first-order valence-corrected chi connectivity index (χ1v) is 19.4. The molecule has 1 N–H and O–H groups in total. The normalized spacial score (nSPS) is 18.4. The number of halogens is 1. The van der Waals surface area contributed by atoms with Crippen molar-refractivity contribution in [3.05, 3.63) is 89.0 Å². The number of hydrogen-bond donors (Lipinski definition) is 1. The van der Waals surface area contributed by atoms with Crippen molar-refractivity contribution in [3.63, 3.8) is 0 Å². The van der Waals surface area contributed by atoms with Crippen molar-refractivity contribution in [1.82, 2.24) is 15.1 Å². The fraction of sp³-hybridized carbons (Fsp3) is 0.578. The van der Waals surface area contributed by atoms with Crippen molar-refractivity contribution in [1.29, 1.82) is 0 Å². The van der Waals surface area contributed by atoms with Gasteiger partial charge in [-0.05, 0) is 133 Å². The van der Waals surface area contributed by atoms with E-state index in [0.29, 0.717) is 11.6 Å². The van der Waals surface area contributed by atoms with Gasteiger partial charge in [0, 0.05) is 57.1 Å². The molecule has 6 heteroatoms. The average Bonchev–Trinajstić information content (AvgIpc) is 3.82. The highest BCUT2D eigenvalue weighted by Gasteiger charge is 2.25. The minimum atomic E-state index is -0.326. The molecule has 0 amide bonds. The Morgan fingerprint density at radius 1 is 1.06 bits per heavy atom. The molecule has 1 saturated carbocycles. The quantitative estimate of drug-likeness (QED) is 0.106. The third-order valence-corrected chi connectivity index (χ3v) is 10.4. The molecule has 1 atom stereocenters. The molecule has 4 rings (SSSR count). The van der Waals surface area contributed by atoms with Gasteiger partial charge in [-0.2, -0.15) is 0 Å². The van der Waals surface area contributed by atoms with Gasteiger partial charge in [-0.25, -0.2) is 4.39 Å². The summed E-state index contributed by atoms with van der Waals surface area (Å²) in [6.07, 6.45) is 15.0. The van der Waals surface area contributed by atoms with Crippen LogP contribution in [0.3, 0.4) is 0 Å². The van der Waals surface area contributed by atoms with E-state index in [1.54, 1.807) is 0 Å². The van der Waals surface area contributed by atoms with Gasteiger partial charge >= 0.3 is 0 Å². The number of nitrogens with one attached hydrogen (secondary N) is 1. The van der Waals surface area contributed by atoms with Gasteiger partial charge in [0.2, 0.25) is 0 Å². The zero-order chi connectivity index (χ0) is 36.8. The highest BCUT2D eigenvalue weighted by molar-refractivity contribution is 5.90. The van der Waals surface area contributed by atoms with Crippen LogP contribution in [-0.2, 0) is 0 Å². The number of aliphatic imine (C=N–C) groups is 1. The second kappa shape index (κ2) is 22.0. The van der Waals surface area contributed by atoms with E-state index in [1.807, 2.05) is 33.8 Å². The first-order valence-electron chi connectivity index (χ1n) is 19.4. The summed E-state index contributed by atoms with van der Waals surface area (Å²) in [5, 5.41) is 3.31. The Hall–Kier alpha value is -3.22. The second-order valence-corrected chi connectivity index (χ2v) is 14.4. The van der Waals surface area contributed by atoms with Gasteiger partial charge in [-0.15, -0.1) is 0 Å². The van der Waals surface area contributed by atoms with E-state index in [4.69, 9.17) is 0 Å². The minimum Gasteiger partial charge on any atom is -0.368 e. The Balaban J connectivity index is 0.00000332. The maximum atomic E-state index is 15.6. The molecule has 0 bridgehead atoms. The second-order valence-electron chi connectivity index (χ2n) is 14.4. The molecule has 0 spiro atoms. The van der Waals surface area contributed by atoms with Crippen molar-refractivity contribution in [2.45, 2.75) is 126 Å². The molecule has 1 aromatic rings. The summed E-state index contributed by atoms with van der Waals surface area (Å²) < 4.78 is 15.6. The van der Waals surface area contributed by atoms with E-state index in [2.05, 4.69) is 90.6 Å². The van der Waals surface area contributed by atoms with E-state index in [0.717, 1.165) is 68.0 Å². The van der Waals surface area contributed by atoms with E-state index in [1.165, 1.54) is 85.8 Å². The topological polar surface area (TPSA) is 34.1 Å². The Morgan fingerprint density at radius 2 is 1.73 bits per heavy atom. The minimum absolute atomic E-state index is 0. The lowest BCUT2D eigenvalue weighted by Crippen LogP contribution is -2.33. The van der Waals surface area contributed by atoms with Gasteiger partial charge in [0.05, 0.1) is 6.21 Å². The fourth-order valence-corrected chi connectivity index (χ4v) is 7.55. The number of likely N-dealkylation sites (tertiary alicyclic amines) is 1. The Morgan fingerprint density at radius 3 is 2.35 bits per heavy atom. The summed E-state index contributed by atoms with van der Waals surface area (Å²) in [4.78, 5) is 12.1. The van der Waals surface area contributed by atoms with Crippen LogP contribution >= 0.6 is 0 Å². The first kappa shape index (κ1) is 43.9. The molecule has 0 aromatic heterocycles. The molecule has 0 radical (unpaired) electrons. The molecule has 3 aliphatic rings. The SMILES string of the molecule is C.C=C(CCN1CCC(C)=C(/C=C\C(=C)NC(C)/N=C\C(F)=C(/C)c2cc(C)c(C(=C)C)c(N(CC)C3CCCC3)c2)C1)CN1CCCC1.CC.[HH]. The van der Waals surface area contributed by atoms with Crippen molar-refractivity contribution in [3.8, 4) is 0 Å². The average molecular weight is 704 g/mol. The Kier molecular flexibility index (Phi) is 18.9. The van der Waals surface area contributed by atoms with Crippen LogP contribution < -0.4 is 10.2 Å². The van der Waals surface area contributed by atoms with Crippen LogP contribution in [0.4, 0.5) is 10.1 Å². The maximum Gasteiger partial charge on any atom is 0.144 e. The summed E-state index contributed by atoms with van der Waals surface area (Å²) in [7, 11) is 0. The molecule has 1 saturated heterocycles. The lowest BCUT2D eigenvalue weighted by atomic mass is 9.93. The standard InChI is InChI=1S/C42H62FN5.C2H6.CH4.H2/c1-10-48(39-15-11-12-16-39)41-26-38(25-33(6)42(41)30(2)3)35(8)40(43)27-44-36(9)45-34(7)17-18-37-29-47(24-20-32(37)5)23-19-31(4)28-46-21-13-14-22-46;1-2;;/h17-18,25-27,36,39,45H,2,4,7,10-16,19-24,28-29H2,1,3,5-6,8-9H3;1-2H3;1H4;1H/b18-17-,40-35-,44-27-;;;. The molecule has 5 nitrogen and oxygen atoms in total. The largest absolute Gasteiger partial charge is 0.368 e. The molecule has 2 aliphatic heterocycles. The van der Waals surface area contributed by atoms with Gasteiger partial charge < -0.3 is 10.2 Å². The molecule has 1 aliphatic carbocycles. The van der Waals surface area contributed by atoms with Crippen molar-refractivity contribution in [2.24, 2.45) is 4.99 Å². The van der Waals surface area contributed by atoms with Crippen LogP contribution in [0.15, 0.2) is 77.3 Å². The monoisotopic (exact) mass is 704 g/mol. The van der Waals surface area contributed by atoms with E-state index >= 15 is 4.39 Å². The maximum absolute atomic E-state index is 15.6. The molecule has 2 fully saturated rings. The third kappa shape index (κ3) is 13.1. The molecule has 286 valence electrons. The highest BCUT2D eigenvalue weighted by atomic mass is 19.1. The molecule has 1 aromatic carbocycles. The van der Waals surface area contributed by atoms with Crippen LogP contribution in [-0.4, -0.2) is 74.0 Å². The van der Waals surface area contributed by atoms with Crippen LogP contribution in [0.25, 0.3) is 11.1 Å². The van der Waals surface area contributed by atoms with Crippen molar-refractivity contribution < 1.29 is 5.82 Å². The smallest absolute Gasteiger partial charge is 0.144 e. The summed E-state index contributed by atoms with van der Waals surface area (Å²) in [5.74, 6) is -0.326. The zero-order valence-corrected chi connectivity index (χ0v) is 32.9. The Labute approximate surface area is 314 Å². The number of hydrogen-bond acceptors (Lipinski definition) is 5. The third-order valence-electron chi connectivity index (χ3n) is 10.4. The number of allylic oxidation sites excluding steroid dienone is 4. The van der Waals surface area contributed by atoms with Crippen molar-refractivity contribution in [2.75, 3.05) is 50.7 Å². The van der Waals surface area contributed by atoms with Gasteiger partial charge in [-0.3, -0.25) is 14.8 Å². The summed E-state index contributed by atoms with van der Waals surface area (Å²) in [6.45, 7) is 36.7. The number of aryl methyl sites for hydroxylation is 1. The van der Waals surface area contributed by atoms with Crippen LogP contribution in [0, 0.1) is 6.92 Å². The number of anilines is 1. The Bertz CT molecular complexity index is 1440. The molecule has 2 heterocycles. The number of nitrogens with zero attached hydrogens (tertiary/aromatic N) is 4. The predicted octanol–water partition coefficient (Wildman–Crippen LogP) is 11.5. The fourth-order valence-electron chi connectivity index (χ4n) is 7.55. The van der Waals surface area contributed by atoms with E-state index < -0.39 is 0 Å². The van der Waals surface area contributed by atoms with E-state index in [9.17, 15) is 0 Å². The molecule has 51 heavy (non-hydrogen) atoms. The van der Waals surface area contributed by atoms with Crippen LogP contribution in [0.1, 0.15) is 125 Å². The number of benzene rings is 1.